The van der Waals surface area contributed by atoms with E-state index in [0.717, 1.165) is 12.0 Å². The number of amides is 1. The Bertz CT molecular complexity index is 770. The highest BCUT2D eigenvalue weighted by atomic mass is 16.4. The minimum absolute atomic E-state index is 0.188. The molecule has 0 aliphatic carbocycles. The van der Waals surface area contributed by atoms with Gasteiger partial charge in [-0.1, -0.05) is 51.0 Å². The lowest BCUT2D eigenvalue weighted by Gasteiger charge is -2.19. The number of benzene rings is 2. The first-order chi connectivity index (χ1) is 13.0. The number of carboxylic acids is 1. The molecule has 0 radical (unpaired) electrons. The number of hydrogen-bond acceptors (Lipinski definition) is 3. The Morgan fingerprint density at radius 1 is 1.15 bits per heavy atom. The van der Waals surface area contributed by atoms with E-state index in [9.17, 15) is 14.7 Å². The fourth-order valence-electron chi connectivity index (χ4n) is 3.22. The first-order valence-electron chi connectivity index (χ1n) is 9.37. The van der Waals surface area contributed by atoms with Crippen LogP contribution in [-0.2, 0) is 11.3 Å². The molecule has 0 saturated heterocycles. The van der Waals surface area contributed by atoms with Crippen molar-refractivity contribution in [1.29, 1.82) is 0 Å². The van der Waals surface area contributed by atoms with Gasteiger partial charge in [0.2, 0.25) is 6.41 Å². The number of carbonyl (C=O) groups excluding carboxylic acids is 1. The number of anilines is 1. The van der Waals surface area contributed by atoms with Gasteiger partial charge in [-0.25, -0.2) is 4.79 Å². The summed E-state index contributed by atoms with van der Waals surface area (Å²) in [5.41, 5.74) is 2.55. The Morgan fingerprint density at radius 3 is 2.37 bits per heavy atom. The third-order valence-electron chi connectivity index (χ3n) is 4.87. The van der Waals surface area contributed by atoms with Crippen molar-refractivity contribution in [1.82, 2.24) is 0 Å². The summed E-state index contributed by atoms with van der Waals surface area (Å²) in [6.07, 6.45) is 5.38. The van der Waals surface area contributed by atoms with Gasteiger partial charge in [0.25, 0.3) is 0 Å². The second-order valence-corrected chi connectivity index (χ2v) is 6.73. The van der Waals surface area contributed by atoms with Crippen LogP contribution in [-0.4, -0.2) is 22.6 Å². The molecule has 27 heavy (non-hydrogen) atoms. The highest BCUT2D eigenvalue weighted by Crippen LogP contribution is 2.27. The second kappa shape index (κ2) is 9.76. The van der Waals surface area contributed by atoms with Crippen LogP contribution >= 0.6 is 0 Å². The molecule has 2 aromatic rings. The van der Waals surface area contributed by atoms with Crippen LogP contribution in [0.4, 0.5) is 5.69 Å². The number of rotatable bonds is 10. The molecule has 0 aromatic heterocycles. The van der Waals surface area contributed by atoms with Crippen LogP contribution in [0.5, 0.6) is 5.75 Å². The van der Waals surface area contributed by atoms with Crippen molar-refractivity contribution in [3.05, 3.63) is 59.2 Å². The lowest BCUT2D eigenvalue weighted by atomic mass is 9.91. The SMILES string of the molecule is CCCCC(CC)c1ccc(CN(C=O)c2ccc(C(=O)O)c(O)c2)cc1. The Morgan fingerprint density at radius 2 is 1.85 bits per heavy atom. The van der Waals surface area contributed by atoms with E-state index in [1.54, 1.807) is 0 Å². The topological polar surface area (TPSA) is 77.8 Å². The molecule has 0 bridgehead atoms. The Hall–Kier alpha value is -2.82. The standard InChI is InChI=1S/C22H27NO4/c1-3-5-6-17(4-2)18-9-7-16(8-10-18)14-23(15-24)19-11-12-20(22(26)27)21(25)13-19/h7-13,15,17,25H,3-6,14H2,1-2H3,(H,26,27). The summed E-state index contributed by atoms with van der Waals surface area (Å²) < 4.78 is 0. The molecule has 144 valence electrons. The van der Waals surface area contributed by atoms with E-state index in [2.05, 4.69) is 26.0 Å². The monoisotopic (exact) mass is 369 g/mol. The van der Waals surface area contributed by atoms with Crippen molar-refractivity contribution in [2.24, 2.45) is 0 Å². The largest absolute Gasteiger partial charge is 0.507 e. The quantitative estimate of drug-likeness (QED) is 0.582. The molecule has 0 aliphatic rings. The van der Waals surface area contributed by atoms with Gasteiger partial charge in [0.15, 0.2) is 0 Å². The summed E-state index contributed by atoms with van der Waals surface area (Å²) in [7, 11) is 0. The van der Waals surface area contributed by atoms with E-state index in [4.69, 9.17) is 5.11 Å². The summed E-state index contributed by atoms with van der Waals surface area (Å²) in [5, 5.41) is 18.8. The Balaban J connectivity index is 2.13. The molecule has 1 amide bonds. The fourth-order valence-corrected chi connectivity index (χ4v) is 3.22. The van der Waals surface area contributed by atoms with Crippen molar-refractivity contribution in [2.45, 2.75) is 52.0 Å². The molecule has 0 saturated carbocycles. The zero-order valence-corrected chi connectivity index (χ0v) is 15.9. The predicted octanol–water partition coefficient (Wildman–Crippen LogP) is 4.94. The minimum atomic E-state index is -1.21. The van der Waals surface area contributed by atoms with E-state index >= 15 is 0 Å². The summed E-state index contributed by atoms with van der Waals surface area (Å²) in [6, 6.07) is 12.4. The average Bonchev–Trinajstić information content (AvgIpc) is 2.67. The fraction of sp³-hybridized carbons (Fsp3) is 0.364. The number of carbonyl (C=O) groups is 2. The molecule has 5 nitrogen and oxygen atoms in total. The van der Waals surface area contributed by atoms with Gasteiger partial charge < -0.3 is 15.1 Å². The van der Waals surface area contributed by atoms with Gasteiger partial charge in [0.05, 0.1) is 6.54 Å². The number of aromatic carboxylic acids is 1. The number of nitrogens with zero attached hydrogens (tertiary/aromatic N) is 1. The third kappa shape index (κ3) is 5.33. The molecular formula is C22H27NO4. The number of carboxylic acid groups (broad SMARTS) is 1. The number of unbranched alkanes of at least 4 members (excludes halogenated alkanes) is 1. The van der Waals surface area contributed by atoms with Gasteiger partial charge in [0, 0.05) is 11.8 Å². The zero-order chi connectivity index (χ0) is 19.8. The maximum Gasteiger partial charge on any atom is 0.339 e. The van der Waals surface area contributed by atoms with Gasteiger partial charge >= 0.3 is 5.97 Å². The maximum atomic E-state index is 11.5. The average molecular weight is 369 g/mol. The lowest BCUT2D eigenvalue weighted by molar-refractivity contribution is -0.107. The smallest absolute Gasteiger partial charge is 0.339 e. The zero-order valence-electron chi connectivity index (χ0n) is 15.9. The lowest BCUT2D eigenvalue weighted by Crippen LogP contribution is -2.20. The van der Waals surface area contributed by atoms with Crippen molar-refractivity contribution in [3.63, 3.8) is 0 Å². The van der Waals surface area contributed by atoms with Crippen molar-refractivity contribution in [3.8, 4) is 5.75 Å². The van der Waals surface area contributed by atoms with Crippen LogP contribution < -0.4 is 4.90 Å². The number of aromatic hydroxyl groups is 1. The van der Waals surface area contributed by atoms with E-state index < -0.39 is 5.97 Å². The van der Waals surface area contributed by atoms with Crippen molar-refractivity contribution < 1.29 is 19.8 Å². The molecule has 0 fully saturated rings. The van der Waals surface area contributed by atoms with Crippen LogP contribution in [0.1, 0.15) is 66.9 Å². The molecule has 1 atom stereocenters. The van der Waals surface area contributed by atoms with Gasteiger partial charge in [0.1, 0.15) is 11.3 Å². The van der Waals surface area contributed by atoms with Crippen LogP contribution in [0.25, 0.3) is 0 Å². The number of hydrogen-bond donors (Lipinski definition) is 2. The molecule has 0 heterocycles. The molecule has 2 rings (SSSR count). The van der Waals surface area contributed by atoms with E-state index in [1.807, 2.05) is 12.1 Å². The Labute approximate surface area is 160 Å². The first-order valence-corrected chi connectivity index (χ1v) is 9.37. The molecule has 0 aliphatic heterocycles. The van der Waals surface area contributed by atoms with Crippen molar-refractivity contribution in [2.75, 3.05) is 4.90 Å². The second-order valence-electron chi connectivity index (χ2n) is 6.73. The van der Waals surface area contributed by atoms with E-state index in [-0.39, 0.29) is 11.3 Å². The van der Waals surface area contributed by atoms with Crippen LogP contribution in [0.2, 0.25) is 0 Å². The summed E-state index contributed by atoms with van der Waals surface area (Å²) >= 11 is 0. The van der Waals surface area contributed by atoms with E-state index in [1.165, 1.54) is 47.9 Å². The maximum absolute atomic E-state index is 11.5. The molecule has 2 N–H and O–H groups in total. The van der Waals surface area contributed by atoms with E-state index in [0.29, 0.717) is 24.6 Å². The van der Waals surface area contributed by atoms with Crippen LogP contribution in [0, 0.1) is 0 Å². The minimum Gasteiger partial charge on any atom is -0.507 e. The molecule has 0 spiro atoms. The van der Waals surface area contributed by atoms with Gasteiger partial charge in [-0.05, 0) is 42.0 Å². The third-order valence-corrected chi connectivity index (χ3v) is 4.87. The van der Waals surface area contributed by atoms with Crippen LogP contribution in [0.3, 0.4) is 0 Å². The molecule has 1 unspecified atom stereocenters. The highest BCUT2D eigenvalue weighted by molar-refractivity contribution is 5.92. The summed E-state index contributed by atoms with van der Waals surface area (Å²) in [4.78, 5) is 23.9. The predicted molar refractivity (Wildman–Crippen MR) is 106 cm³/mol. The molecule has 5 heteroatoms. The number of phenols is 1. The van der Waals surface area contributed by atoms with Gasteiger partial charge in [-0.3, -0.25) is 4.79 Å². The van der Waals surface area contributed by atoms with Crippen molar-refractivity contribution >= 4 is 18.1 Å². The molecular weight excluding hydrogens is 342 g/mol. The normalized spacial score (nSPS) is 11.8. The summed E-state index contributed by atoms with van der Waals surface area (Å²) in [5.74, 6) is -1.01. The van der Waals surface area contributed by atoms with Gasteiger partial charge in [-0.15, -0.1) is 0 Å². The van der Waals surface area contributed by atoms with Crippen LogP contribution in [0.15, 0.2) is 42.5 Å². The Kier molecular flexibility index (Phi) is 7.41. The first kappa shape index (κ1) is 20.5. The summed E-state index contributed by atoms with van der Waals surface area (Å²) in [6.45, 7) is 4.75. The highest BCUT2D eigenvalue weighted by Gasteiger charge is 2.14. The molecule has 2 aromatic carbocycles. The van der Waals surface area contributed by atoms with Gasteiger partial charge in [-0.2, -0.15) is 0 Å².